The number of para-hydroxylation sites is 1. The third-order valence-corrected chi connectivity index (χ3v) is 3.50. The van der Waals surface area contributed by atoms with Crippen LogP contribution in [0.1, 0.15) is 30.7 Å². The van der Waals surface area contributed by atoms with Gasteiger partial charge in [-0.25, -0.2) is 0 Å². The van der Waals surface area contributed by atoms with Crippen LogP contribution in [0.5, 0.6) is 0 Å². The fraction of sp³-hybridized carbons (Fsp3) is 0.385. The highest BCUT2D eigenvalue weighted by molar-refractivity contribution is 5.83. The van der Waals surface area contributed by atoms with Gasteiger partial charge in [0.1, 0.15) is 0 Å². The molecular formula is C13H15NO. The normalized spacial score (nSPS) is 26.2. The smallest absolute Gasteiger partial charge is 0.0609 e. The van der Waals surface area contributed by atoms with Crippen LogP contribution >= 0.6 is 0 Å². The third-order valence-electron chi connectivity index (χ3n) is 3.50. The lowest BCUT2D eigenvalue weighted by Crippen LogP contribution is -2.10. The van der Waals surface area contributed by atoms with E-state index in [1.54, 1.807) is 0 Å². The molecule has 3 rings (SSSR count). The lowest BCUT2D eigenvalue weighted by atomic mass is 9.95. The number of rotatable bonds is 1. The number of aliphatic hydroxyl groups is 1. The Labute approximate surface area is 88.9 Å². The number of aromatic amines is 1. The second kappa shape index (κ2) is 3.38. The van der Waals surface area contributed by atoms with Crippen molar-refractivity contribution in [1.29, 1.82) is 0 Å². The number of nitrogens with one attached hydrogen (secondary N) is 1. The molecule has 1 fully saturated rings. The van der Waals surface area contributed by atoms with Crippen LogP contribution in [0.3, 0.4) is 0 Å². The van der Waals surface area contributed by atoms with E-state index in [1.165, 1.54) is 16.5 Å². The molecule has 0 spiro atoms. The van der Waals surface area contributed by atoms with Crippen molar-refractivity contribution in [2.24, 2.45) is 0 Å². The first-order valence-electron chi connectivity index (χ1n) is 5.60. The van der Waals surface area contributed by atoms with Crippen LogP contribution in [0.15, 0.2) is 30.5 Å². The Kier molecular flexibility index (Phi) is 2.03. The van der Waals surface area contributed by atoms with Gasteiger partial charge in [0.15, 0.2) is 0 Å². The Hall–Kier alpha value is -1.28. The Morgan fingerprint density at radius 2 is 2.07 bits per heavy atom. The topological polar surface area (TPSA) is 36.0 Å². The van der Waals surface area contributed by atoms with E-state index in [0.29, 0.717) is 5.92 Å². The summed E-state index contributed by atoms with van der Waals surface area (Å²) in [5, 5.41) is 11.2. The molecule has 1 heterocycles. The van der Waals surface area contributed by atoms with E-state index in [4.69, 9.17) is 0 Å². The monoisotopic (exact) mass is 201 g/mol. The van der Waals surface area contributed by atoms with Crippen LogP contribution < -0.4 is 0 Å². The Morgan fingerprint density at radius 1 is 1.20 bits per heavy atom. The molecule has 2 N–H and O–H groups in total. The van der Waals surface area contributed by atoms with Gasteiger partial charge in [-0.1, -0.05) is 24.6 Å². The van der Waals surface area contributed by atoms with Gasteiger partial charge in [0.05, 0.1) is 6.10 Å². The number of benzene rings is 1. The maximum absolute atomic E-state index is 9.91. The quantitative estimate of drug-likeness (QED) is 0.731. The van der Waals surface area contributed by atoms with Crippen LogP contribution in [-0.2, 0) is 0 Å². The molecule has 0 bridgehead atoms. The van der Waals surface area contributed by atoms with Crippen molar-refractivity contribution in [2.75, 3.05) is 0 Å². The van der Waals surface area contributed by atoms with Gasteiger partial charge in [-0.3, -0.25) is 0 Å². The highest BCUT2D eigenvalue weighted by Crippen LogP contribution is 2.37. The summed E-state index contributed by atoms with van der Waals surface area (Å²) in [6.07, 6.45) is 5.12. The average Bonchev–Trinajstić information content (AvgIpc) is 2.83. The van der Waals surface area contributed by atoms with E-state index in [9.17, 15) is 5.11 Å². The van der Waals surface area contributed by atoms with Crippen LogP contribution in [0.25, 0.3) is 10.9 Å². The molecule has 15 heavy (non-hydrogen) atoms. The SMILES string of the molecule is OC1CCCC1c1c[nH]c2ccccc12. The second-order valence-electron chi connectivity index (χ2n) is 4.39. The molecule has 2 heteroatoms. The first kappa shape index (κ1) is 8.98. The molecule has 2 aromatic rings. The van der Waals surface area contributed by atoms with Crippen LogP contribution in [0, 0.1) is 0 Å². The van der Waals surface area contributed by atoms with Gasteiger partial charge >= 0.3 is 0 Å². The molecule has 2 unspecified atom stereocenters. The second-order valence-corrected chi connectivity index (χ2v) is 4.39. The molecule has 1 aromatic heterocycles. The van der Waals surface area contributed by atoms with E-state index < -0.39 is 0 Å². The lowest BCUT2D eigenvalue weighted by Gasteiger charge is -2.13. The van der Waals surface area contributed by atoms with Crippen molar-refractivity contribution in [3.63, 3.8) is 0 Å². The van der Waals surface area contributed by atoms with Crippen molar-refractivity contribution in [3.8, 4) is 0 Å². The summed E-state index contributed by atoms with van der Waals surface area (Å²) in [5.74, 6) is 0.334. The molecule has 0 aliphatic heterocycles. The minimum absolute atomic E-state index is 0.149. The van der Waals surface area contributed by atoms with Crippen LogP contribution in [0.4, 0.5) is 0 Å². The minimum Gasteiger partial charge on any atom is -0.392 e. The van der Waals surface area contributed by atoms with Crippen molar-refractivity contribution < 1.29 is 5.11 Å². The third kappa shape index (κ3) is 1.37. The van der Waals surface area contributed by atoms with Crippen molar-refractivity contribution in [2.45, 2.75) is 31.3 Å². The lowest BCUT2D eigenvalue weighted by molar-refractivity contribution is 0.164. The molecule has 1 aliphatic rings. The van der Waals surface area contributed by atoms with Crippen molar-refractivity contribution in [3.05, 3.63) is 36.0 Å². The summed E-state index contributed by atoms with van der Waals surface area (Å²) < 4.78 is 0. The van der Waals surface area contributed by atoms with E-state index >= 15 is 0 Å². The van der Waals surface area contributed by atoms with Crippen LogP contribution in [-0.4, -0.2) is 16.2 Å². The van der Waals surface area contributed by atoms with Gasteiger partial charge in [-0.2, -0.15) is 0 Å². The first-order valence-corrected chi connectivity index (χ1v) is 5.60. The van der Waals surface area contributed by atoms with Gasteiger partial charge in [0.25, 0.3) is 0 Å². The number of hydrogen-bond acceptors (Lipinski definition) is 1. The summed E-state index contributed by atoms with van der Waals surface area (Å²) in [6.45, 7) is 0. The molecule has 78 valence electrons. The van der Waals surface area contributed by atoms with Crippen molar-refractivity contribution >= 4 is 10.9 Å². The Morgan fingerprint density at radius 3 is 2.87 bits per heavy atom. The number of H-pyrrole nitrogens is 1. The summed E-state index contributed by atoms with van der Waals surface area (Å²) in [7, 11) is 0. The van der Waals surface area contributed by atoms with Gasteiger partial charge < -0.3 is 10.1 Å². The van der Waals surface area contributed by atoms with Gasteiger partial charge in [-0.05, 0) is 24.5 Å². The zero-order valence-corrected chi connectivity index (χ0v) is 8.61. The molecule has 1 aromatic carbocycles. The Balaban J connectivity index is 2.10. The van der Waals surface area contributed by atoms with Crippen molar-refractivity contribution in [1.82, 2.24) is 4.98 Å². The highest BCUT2D eigenvalue weighted by atomic mass is 16.3. The maximum Gasteiger partial charge on any atom is 0.0609 e. The average molecular weight is 201 g/mol. The molecular weight excluding hydrogens is 186 g/mol. The number of aromatic nitrogens is 1. The summed E-state index contributed by atoms with van der Waals surface area (Å²) in [5.41, 5.74) is 2.46. The first-order chi connectivity index (χ1) is 7.36. The molecule has 1 saturated carbocycles. The fourth-order valence-electron chi connectivity index (χ4n) is 2.70. The molecule has 2 nitrogen and oxygen atoms in total. The summed E-state index contributed by atoms with van der Waals surface area (Å²) in [4.78, 5) is 3.27. The predicted octanol–water partition coefficient (Wildman–Crippen LogP) is 2.80. The predicted molar refractivity (Wildman–Crippen MR) is 60.9 cm³/mol. The summed E-state index contributed by atoms with van der Waals surface area (Å²) in [6, 6.07) is 8.31. The van der Waals surface area contributed by atoms with E-state index in [2.05, 4.69) is 29.4 Å². The molecule has 0 amide bonds. The standard InChI is InChI=1S/C13H15NO/c15-13-7-3-5-10(13)11-8-14-12-6-2-1-4-9(11)12/h1-2,4,6,8,10,13-15H,3,5,7H2. The van der Waals surface area contributed by atoms with Crippen LogP contribution in [0.2, 0.25) is 0 Å². The van der Waals surface area contributed by atoms with Gasteiger partial charge in [-0.15, -0.1) is 0 Å². The molecule has 0 saturated heterocycles. The number of aliphatic hydroxyl groups excluding tert-OH is 1. The maximum atomic E-state index is 9.91. The number of fused-ring (bicyclic) bond motifs is 1. The zero-order valence-electron chi connectivity index (χ0n) is 8.61. The largest absolute Gasteiger partial charge is 0.392 e. The summed E-state index contributed by atoms with van der Waals surface area (Å²) >= 11 is 0. The molecule has 1 aliphatic carbocycles. The van der Waals surface area contributed by atoms with Gasteiger partial charge in [0.2, 0.25) is 0 Å². The Bertz CT molecular complexity index is 474. The van der Waals surface area contributed by atoms with E-state index in [0.717, 1.165) is 19.3 Å². The van der Waals surface area contributed by atoms with E-state index in [-0.39, 0.29) is 6.10 Å². The van der Waals surface area contributed by atoms with E-state index in [1.807, 2.05) is 6.07 Å². The highest BCUT2D eigenvalue weighted by Gasteiger charge is 2.28. The molecule has 0 radical (unpaired) electrons. The zero-order chi connectivity index (χ0) is 10.3. The fourth-order valence-corrected chi connectivity index (χ4v) is 2.70. The minimum atomic E-state index is -0.149. The molecule has 2 atom stereocenters. The number of hydrogen-bond donors (Lipinski definition) is 2. The van der Waals surface area contributed by atoms with Gasteiger partial charge in [0, 0.05) is 23.0 Å².